The van der Waals surface area contributed by atoms with Gasteiger partial charge >= 0.3 is 0 Å². The lowest BCUT2D eigenvalue weighted by atomic mass is 9.95. The van der Waals surface area contributed by atoms with Crippen molar-refractivity contribution in [3.63, 3.8) is 0 Å². The van der Waals surface area contributed by atoms with Crippen molar-refractivity contribution >= 4 is 11.7 Å². The number of aromatic nitrogens is 2. The first-order chi connectivity index (χ1) is 12.1. The number of nitrogens with zero attached hydrogens (tertiary/aromatic N) is 2. The van der Waals surface area contributed by atoms with Crippen LogP contribution in [0.3, 0.4) is 0 Å². The first kappa shape index (κ1) is 16.9. The Morgan fingerprint density at radius 2 is 1.84 bits per heavy atom. The van der Waals surface area contributed by atoms with Crippen molar-refractivity contribution < 1.29 is 9.18 Å². The third-order valence-electron chi connectivity index (χ3n) is 4.16. The normalized spacial score (nSPS) is 12.0. The monoisotopic (exact) mass is 337 g/mol. The Labute approximate surface area is 146 Å². The van der Waals surface area contributed by atoms with Crippen molar-refractivity contribution in [2.45, 2.75) is 26.2 Å². The zero-order chi connectivity index (χ0) is 17.8. The lowest BCUT2D eigenvalue weighted by Gasteiger charge is -2.14. The van der Waals surface area contributed by atoms with Gasteiger partial charge in [0.25, 0.3) is 0 Å². The molecule has 0 radical (unpaired) electrons. The van der Waals surface area contributed by atoms with E-state index in [1.807, 2.05) is 50.4 Å². The molecule has 1 amide bonds. The predicted octanol–water partition coefficient (Wildman–Crippen LogP) is 4.45. The maximum absolute atomic E-state index is 13.1. The second-order valence-corrected chi connectivity index (χ2v) is 5.94. The van der Waals surface area contributed by atoms with E-state index in [9.17, 15) is 9.18 Å². The molecule has 1 aromatic heterocycles. The first-order valence-corrected chi connectivity index (χ1v) is 8.26. The van der Waals surface area contributed by atoms with Crippen LogP contribution in [0.4, 0.5) is 10.2 Å². The Hall–Kier alpha value is -2.95. The molecule has 0 aliphatic heterocycles. The largest absolute Gasteiger partial charge is 0.308 e. The fraction of sp³-hybridized carbons (Fsp3) is 0.200. The van der Waals surface area contributed by atoms with E-state index in [1.165, 1.54) is 12.1 Å². The molecule has 0 saturated carbocycles. The van der Waals surface area contributed by atoms with Gasteiger partial charge in [-0.2, -0.15) is 0 Å². The van der Waals surface area contributed by atoms with Crippen LogP contribution >= 0.6 is 0 Å². The third kappa shape index (κ3) is 3.76. The van der Waals surface area contributed by atoms with Crippen LogP contribution < -0.4 is 5.32 Å². The average molecular weight is 337 g/mol. The average Bonchev–Trinajstić information content (AvgIpc) is 2.99. The second kappa shape index (κ2) is 7.30. The van der Waals surface area contributed by atoms with Crippen LogP contribution in [0.5, 0.6) is 0 Å². The van der Waals surface area contributed by atoms with Gasteiger partial charge in [0, 0.05) is 11.8 Å². The molecule has 128 valence electrons. The summed E-state index contributed by atoms with van der Waals surface area (Å²) in [5, 5.41) is 7.37. The Kier molecular flexibility index (Phi) is 4.93. The SMILES string of the molecule is CC[C@H](C(=O)Nc1nn(-c2ccccc2)cc1C)c1ccc(F)cc1. The van der Waals surface area contributed by atoms with E-state index in [2.05, 4.69) is 10.4 Å². The molecular formula is C20H20FN3O. The molecular weight excluding hydrogens is 317 g/mol. The molecule has 0 aliphatic rings. The van der Waals surface area contributed by atoms with E-state index in [0.717, 1.165) is 16.8 Å². The molecule has 0 spiro atoms. The van der Waals surface area contributed by atoms with Gasteiger partial charge in [-0.1, -0.05) is 37.3 Å². The molecule has 3 aromatic rings. The number of halogens is 1. The van der Waals surface area contributed by atoms with Gasteiger partial charge in [-0.3, -0.25) is 4.79 Å². The Balaban J connectivity index is 1.80. The van der Waals surface area contributed by atoms with Crippen LogP contribution in [0.15, 0.2) is 60.8 Å². The third-order valence-corrected chi connectivity index (χ3v) is 4.16. The van der Waals surface area contributed by atoms with Gasteiger partial charge in [0.1, 0.15) is 5.82 Å². The molecule has 4 nitrogen and oxygen atoms in total. The summed E-state index contributed by atoms with van der Waals surface area (Å²) in [7, 11) is 0. The van der Waals surface area contributed by atoms with Gasteiger partial charge in [-0.15, -0.1) is 5.10 Å². The van der Waals surface area contributed by atoms with E-state index >= 15 is 0 Å². The quantitative estimate of drug-likeness (QED) is 0.747. The highest BCUT2D eigenvalue weighted by Gasteiger charge is 2.20. The van der Waals surface area contributed by atoms with E-state index < -0.39 is 0 Å². The number of amides is 1. The minimum atomic E-state index is -0.345. The zero-order valence-electron chi connectivity index (χ0n) is 14.2. The number of para-hydroxylation sites is 1. The maximum atomic E-state index is 13.1. The summed E-state index contributed by atoms with van der Waals surface area (Å²) in [5.74, 6) is -0.261. The van der Waals surface area contributed by atoms with Gasteiger partial charge < -0.3 is 5.32 Å². The summed E-state index contributed by atoms with van der Waals surface area (Å²) in [6, 6.07) is 15.8. The molecule has 0 unspecified atom stereocenters. The molecule has 5 heteroatoms. The van der Waals surface area contributed by atoms with Gasteiger partial charge in [0.2, 0.25) is 5.91 Å². The number of anilines is 1. The zero-order valence-corrected chi connectivity index (χ0v) is 14.2. The van der Waals surface area contributed by atoms with Crippen LogP contribution in [0.25, 0.3) is 5.69 Å². The summed E-state index contributed by atoms with van der Waals surface area (Å²) in [6.45, 7) is 3.84. The summed E-state index contributed by atoms with van der Waals surface area (Å²) in [4.78, 5) is 12.7. The van der Waals surface area contributed by atoms with E-state index in [4.69, 9.17) is 0 Å². The van der Waals surface area contributed by atoms with Crippen molar-refractivity contribution in [3.8, 4) is 5.69 Å². The minimum absolute atomic E-state index is 0.143. The Bertz CT molecular complexity index is 856. The number of rotatable bonds is 5. The van der Waals surface area contributed by atoms with Gasteiger partial charge in [0.05, 0.1) is 11.6 Å². The molecule has 0 aliphatic carbocycles. The topological polar surface area (TPSA) is 46.9 Å². The van der Waals surface area contributed by atoms with Crippen LogP contribution in [-0.4, -0.2) is 15.7 Å². The lowest BCUT2D eigenvalue weighted by molar-refractivity contribution is -0.117. The molecule has 1 heterocycles. The van der Waals surface area contributed by atoms with Gasteiger partial charge in [-0.05, 0) is 43.2 Å². The minimum Gasteiger partial charge on any atom is -0.308 e. The summed E-state index contributed by atoms with van der Waals surface area (Å²) in [5.41, 5.74) is 2.60. The number of nitrogens with one attached hydrogen (secondary N) is 1. The number of carbonyl (C=O) groups excluding carboxylic acids is 1. The Morgan fingerprint density at radius 3 is 2.48 bits per heavy atom. The fourth-order valence-corrected chi connectivity index (χ4v) is 2.77. The van der Waals surface area contributed by atoms with Crippen LogP contribution in [0.2, 0.25) is 0 Å². The lowest BCUT2D eigenvalue weighted by Crippen LogP contribution is -2.21. The Morgan fingerprint density at radius 1 is 1.16 bits per heavy atom. The highest BCUT2D eigenvalue weighted by molar-refractivity contribution is 5.95. The van der Waals surface area contributed by atoms with Crippen molar-refractivity contribution in [1.82, 2.24) is 9.78 Å². The predicted molar refractivity (Wildman–Crippen MR) is 96.4 cm³/mol. The smallest absolute Gasteiger partial charge is 0.233 e. The molecule has 2 aromatic carbocycles. The molecule has 0 saturated heterocycles. The maximum Gasteiger partial charge on any atom is 0.233 e. The molecule has 3 rings (SSSR count). The first-order valence-electron chi connectivity index (χ1n) is 8.26. The number of hydrogen-bond acceptors (Lipinski definition) is 2. The van der Waals surface area contributed by atoms with E-state index in [1.54, 1.807) is 16.8 Å². The summed E-state index contributed by atoms with van der Waals surface area (Å²) in [6.07, 6.45) is 2.50. The number of benzene rings is 2. The van der Waals surface area contributed by atoms with Crippen molar-refractivity contribution in [3.05, 3.63) is 77.7 Å². The van der Waals surface area contributed by atoms with E-state index in [0.29, 0.717) is 12.2 Å². The number of hydrogen-bond donors (Lipinski definition) is 1. The van der Waals surface area contributed by atoms with Crippen LogP contribution in [0.1, 0.15) is 30.4 Å². The van der Waals surface area contributed by atoms with Crippen molar-refractivity contribution in [1.29, 1.82) is 0 Å². The van der Waals surface area contributed by atoms with E-state index in [-0.39, 0.29) is 17.6 Å². The highest BCUT2D eigenvalue weighted by Crippen LogP contribution is 2.23. The van der Waals surface area contributed by atoms with Crippen LogP contribution in [-0.2, 0) is 4.79 Å². The summed E-state index contributed by atoms with van der Waals surface area (Å²) < 4.78 is 14.8. The number of carbonyl (C=O) groups is 1. The van der Waals surface area contributed by atoms with Gasteiger partial charge in [-0.25, -0.2) is 9.07 Å². The standard InChI is InChI=1S/C20H20FN3O/c1-3-18(15-9-11-16(21)12-10-15)20(25)22-19-14(2)13-24(23-19)17-7-5-4-6-8-17/h4-13,18H,3H2,1-2H3,(H,22,23,25)/t18-/m0/s1. The summed E-state index contributed by atoms with van der Waals surface area (Å²) >= 11 is 0. The fourth-order valence-electron chi connectivity index (χ4n) is 2.77. The number of aryl methyl sites for hydroxylation is 1. The molecule has 1 N–H and O–H groups in total. The second-order valence-electron chi connectivity index (χ2n) is 5.94. The molecule has 25 heavy (non-hydrogen) atoms. The van der Waals surface area contributed by atoms with Crippen molar-refractivity contribution in [2.24, 2.45) is 0 Å². The highest BCUT2D eigenvalue weighted by atomic mass is 19.1. The molecule has 0 bridgehead atoms. The van der Waals surface area contributed by atoms with Crippen molar-refractivity contribution in [2.75, 3.05) is 5.32 Å². The van der Waals surface area contributed by atoms with Gasteiger partial charge in [0.15, 0.2) is 5.82 Å². The van der Waals surface area contributed by atoms with Crippen LogP contribution in [0, 0.1) is 12.7 Å². The molecule has 0 fully saturated rings. The molecule has 1 atom stereocenters.